The van der Waals surface area contributed by atoms with Crippen molar-refractivity contribution in [3.05, 3.63) is 23.9 Å². The Morgan fingerprint density at radius 1 is 1.56 bits per heavy atom. The van der Waals surface area contributed by atoms with Gasteiger partial charge in [0.05, 0.1) is 6.54 Å². The summed E-state index contributed by atoms with van der Waals surface area (Å²) in [5.74, 6) is -0.0799. The molecule has 0 saturated carbocycles. The lowest BCUT2D eigenvalue weighted by atomic mass is 10.2. The Labute approximate surface area is 104 Å². The van der Waals surface area contributed by atoms with Crippen LogP contribution in [0.25, 0.3) is 0 Å². The molecule has 2 N–H and O–H groups in total. The molecule has 0 aliphatic heterocycles. The molecule has 0 unspecified atom stereocenters. The lowest BCUT2D eigenvalue weighted by Gasteiger charge is -2.10. The van der Waals surface area contributed by atoms with Gasteiger partial charge in [-0.3, -0.25) is 4.79 Å². The summed E-state index contributed by atoms with van der Waals surface area (Å²) in [5, 5.41) is 5.32. The van der Waals surface area contributed by atoms with Crippen LogP contribution in [-0.4, -0.2) is 37.5 Å². The molecule has 1 aromatic rings. The Morgan fingerprint density at radius 3 is 3.00 bits per heavy atom. The molecule has 0 aromatic carbocycles. The molecule has 1 amide bonds. The van der Waals surface area contributed by atoms with Crippen molar-refractivity contribution < 1.29 is 18.3 Å². The number of nitrogens with zero attached hydrogens (tertiary/aromatic N) is 1. The summed E-state index contributed by atoms with van der Waals surface area (Å²) in [7, 11) is 1.65. The molecule has 1 heterocycles. The number of carbonyl (C=O) groups is 1. The number of hydrogen-bond acceptors (Lipinski definition) is 4. The summed E-state index contributed by atoms with van der Waals surface area (Å²) < 4.78 is 28.9. The summed E-state index contributed by atoms with van der Waals surface area (Å²) in [4.78, 5) is 15.1. The maximum absolute atomic E-state index is 12.0. The summed E-state index contributed by atoms with van der Waals surface area (Å²) in [6.07, 6.45) is -1.11. The first kappa shape index (κ1) is 14.3. The van der Waals surface area contributed by atoms with Crippen LogP contribution in [0.5, 0.6) is 5.88 Å². The molecule has 7 heteroatoms. The molecule has 1 rings (SSSR count). The van der Waals surface area contributed by atoms with Gasteiger partial charge in [-0.15, -0.1) is 0 Å². The van der Waals surface area contributed by atoms with E-state index in [1.807, 2.05) is 0 Å². The number of amides is 1. The number of rotatable bonds is 7. The number of likely N-dealkylation sites (N-methyl/N-ethyl adjacent to an activating group) is 1. The molecule has 0 aliphatic rings. The van der Waals surface area contributed by atoms with Crippen molar-refractivity contribution in [2.45, 2.75) is 13.0 Å². The average Bonchev–Trinajstić information content (AvgIpc) is 2.35. The number of ether oxygens (including phenoxy) is 1. The molecule has 0 fully saturated rings. The fourth-order valence-corrected chi connectivity index (χ4v) is 1.25. The number of pyridine rings is 1. The lowest BCUT2D eigenvalue weighted by Crippen LogP contribution is -2.31. The third-order valence-corrected chi connectivity index (χ3v) is 2.01. The van der Waals surface area contributed by atoms with Gasteiger partial charge in [0.15, 0.2) is 6.61 Å². The molecule has 100 valence electrons. The summed E-state index contributed by atoms with van der Waals surface area (Å²) in [5.41, 5.74) is 0.558. The third-order valence-electron chi connectivity index (χ3n) is 2.01. The van der Waals surface area contributed by atoms with Crippen LogP contribution in [0, 0.1) is 0 Å². The van der Waals surface area contributed by atoms with Crippen molar-refractivity contribution in [1.29, 1.82) is 0 Å². The summed E-state index contributed by atoms with van der Waals surface area (Å²) in [6, 6.07) is 3.31. The molecule has 0 bridgehead atoms. The van der Waals surface area contributed by atoms with Crippen LogP contribution in [0.1, 0.15) is 5.56 Å². The zero-order valence-corrected chi connectivity index (χ0v) is 9.95. The van der Waals surface area contributed by atoms with Crippen LogP contribution in [-0.2, 0) is 11.3 Å². The molecular formula is C11H15F2N3O2. The Morgan fingerprint density at radius 2 is 2.33 bits per heavy atom. The van der Waals surface area contributed by atoms with Crippen molar-refractivity contribution in [3.8, 4) is 5.88 Å². The van der Waals surface area contributed by atoms with Crippen molar-refractivity contribution in [3.63, 3.8) is 0 Å². The Kier molecular flexibility index (Phi) is 5.99. The fraction of sp³-hybridized carbons (Fsp3) is 0.455. The number of hydrogen-bond donors (Lipinski definition) is 2. The Balaban J connectivity index is 2.56. The minimum absolute atomic E-state index is 0.113. The van der Waals surface area contributed by atoms with Gasteiger partial charge in [-0.2, -0.15) is 0 Å². The standard InChI is InChI=1S/C11H15F2N3O2/c1-14-6-10(17)16-5-8-3-2-4-15-11(8)18-7-9(12)13/h2-4,9,14H,5-7H2,1H3,(H,16,17). The van der Waals surface area contributed by atoms with Gasteiger partial charge in [0, 0.05) is 18.3 Å². The predicted octanol–water partition coefficient (Wildman–Crippen LogP) is 0.561. The van der Waals surface area contributed by atoms with E-state index in [0.29, 0.717) is 5.56 Å². The van der Waals surface area contributed by atoms with Crippen LogP contribution in [0.4, 0.5) is 8.78 Å². The van der Waals surface area contributed by atoms with E-state index >= 15 is 0 Å². The van der Waals surface area contributed by atoms with Gasteiger partial charge in [-0.25, -0.2) is 13.8 Å². The average molecular weight is 259 g/mol. The Bertz CT molecular complexity index is 388. The summed E-state index contributed by atoms with van der Waals surface area (Å²) in [6.45, 7) is -0.338. The first-order valence-electron chi connectivity index (χ1n) is 5.39. The van der Waals surface area contributed by atoms with Crippen molar-refractivity contribution >= 4 is 5.91 Å². The van der Waals surface area contributed by atoms with Gasteiger partial charge < -0.3 is 15.4 Å². The van der Waals surface area contributed by atoms with E-state index in [-0.39, 0.29) is 24.9 Å². The van der Waals surface area contributed by atoms with E-state index in [2.05, 4.69) is 15.6 Å². The quantitative estimate of drug-likeness (QED) is 0.751. The van der Waals surface area contributed by atoms with Crippen molar-refractivity contribution in [1.82, 2.24) is 15.6 Å². The second kappa shape index (κ2) is 7.54. The van der Waals surface area contributed by atoms with E-state index in [0.717, 1.165) is 0 Å². The molecule has 0 saturated heterocycles. The predicted molar refractivity (Wildman–Crippen MR) is 61.5 cm³/mol. The fourth-order valence-electron chi connectivity index (χ4n) is 1.25. The van der Waals surface area contributed by atoms with Gasteiger partial charge in [0.1, 0.15) is 0 Å². The maximum atomic E-state index is 12.0. The zero-order chi connectivity index (χ0) is 13.4. The minimum atomic E-state index is -2.56. The lowest BCUT2D eigenvalue weighted by molar-refractivity contribution is -0.120. The minimum Gasteiger partial charge on any atom is -0.471 e. The van der Waals surface area contributed by atoms with E-state index in [4.69, 9.17) is 4.74 Å². The second-order valence-corrected chi connectivity index (χ2v) is 3.48. The topological polar surface area (TPSA) is 63.2 Å². The first-order valence-corrected chi connectivity index (χ1v) is 5.39. The highest BCUT2D eigenvalue weighted by atomic mass is 19.3. The van der Waals surface area contributed by atoms with Gasteiger partial charge in [-0.1, -0.05) is 6.07 Å². The monoisotopic (exact) mass is 259 g/mol. The highest BCUT2D eigenvalue weighted by Crippen LogP contribution is 2.14. The molecule has 0 radical (unpaired) electrons. The van der Waals surface area contributed by atoms with Crippen LogP contribution in [0.15, 0.2) is 18.3 Å². The second-order valence-electron chi connectivity index (χ2n) is 3.48. The highest BCUT2D eigenvalue weighted by molar-refractivity contribution is 5.77. The van der Waals surface area contributed by atoms with Crippen LogP contribution in [0.3, 0.4) is 0 Å². The molecule has 0 spiro atoms. The SMILES string of the molecule is CNCC(=O)NCc1cccnc1OCC(F)F. The molecule has 0 aliphatic carbocycles. The first-order chi connectivity index (χ1) is 8.63. The van der Waals surface area contributed by atoms with E-state index in [1.54, 1.807) is 19.2 Å². The van der Waals surface area contributed by atoms with Crippen LogP contribution < -0.4 is 15.4 Å². The van der Waals surface area contributed by atoms with Crippen LogP contribution in [0.2, 0.25) is 0 Å². The number of aromatic nitrogens is 1. The van der Waals surface area contributed by atoms with Gasteiger partial charge in [0.25, 0.3) is 6.43 Å². The van der Waals surface area contributed by atoms with Gasteiger partial charge >= 0.3 is 0 Å². The molecule has 18 heavy (non-hydrogen) atoms. The smallest absolute Gasteiger partial charge is 0.272 e. The Hall–Kier alpha value is -1.76. The van der Waals surface area contributed by atoms with E-state index < -0.39 is 13.0 Å². The number of alkyl halides is 2. The van der Waals surface area contributed by atoms with Gasteiger partial charge in [-0.05, 0) is 13.1 Å². The van der Waals surface area contributed by atoms with Crippen LogP contribution >= 0.6 is 0 Å². The molecular weight excluding hydrogens is 244 g/mol. The number of carbonyl (C=O) groups excluding carboxylic acids is 1. The van der Waals surface area contributed by atoms with Crippen molar-refractivity contribution in [2.24, 2.45) is 0 Å². The highest BCUT2D eigenvalue weighted by Gasteiger charge is 2.09. The normalized spacial score (nSPS) is 10.4. The van der Waals surface area contributed by atoms with E-state index in [9.17, 15) is 13.6 Å². The van der Waals surface area contributed by atoms with E-state index in [1.165, 1.54) is 6.20 Å². The maximum Gasteiger partial charge on any atom is 0.272 e. The zero-order valence-electron chi connectivity index (χ0n) is 9.95. The third kappa shape index (κ3) is 5.05. The van der Waals surface area contributed by atoms with Gasteiger partial charge in [0.2, 0.25) is 11.8 Å². The molecule has 0 atom stereocenters. The van der Waals surface area contributed by atoms with Crippen molar-refractivity contribution in [2.75, 3.05) is 20.2 Å². The molecule has 1 aromatic heterocycles. The molecule has 5 nitrogen and oxygen atoms in total. The number of halogens is 2. The largest absolute Gasteiger partial charge is 0.471 e. The summed E-state index contributed by atoms with van der Waals surface area (Å²) >= 11 is 0. The number of nitrogens with one attached hydrogen (secondary N) is 2.